The fourth-order valence-electron chi connectivity index (χ4n) is 5.68. The van der Waals surface area contributed by atoms with Crippen LogP contribution in [0.5, 0.6) is 0 Å². The minimum absolute atomic E-state index is 0.0242. The molecule has 0 amide bonds. The minimum atomic E-state index is -5.05. The molecule has 6 atom stereocenters. The second-order valence-electron chi connectivity index (χ2n) is 13.5. The molecule has 1 aliphatic heterocycles. The van der Waals surface area contributed by atoms with Gasteiger partial charge in [0.25, 0.3) is 0 Å². The Morgan fingerprint density at radius 1 is 0.722 bits per heavy atom. The SMILES string of the molecule is CC/C=C\C/C=C\C/C=C\C/C=C\C/C=C\CCCCCCCCCCCCOCC(COC1OC(CO)C(O)C(OS(=O)(=O)O)C1O)OC(=O)CCC. The maximum atomic E-state index is 12.2. The molecule has 1 saturated heterocycles. The first-order valence-corrected chi connectivity index (χ1v) is 21.4. The smallest absolute Gasteiger partial charge is 0.397 e. The quantitative estimate of drug-likeness (QED) is 0.0225. The van der Waals surface area contributed by atoms with Crippen LogP contribution in [0.15, 0.2) is 60.8 Å². The summed E-state index contributed by atoms with van der Waals surface area (Å²) in [6.07, 6.45) is 31.8. The Morgan fingerprint density at radius 3 is 1.76 bits per heavy atom. The van der Waals surface area contributed by atoms with Crippen LogP contribution in [0.2, 0.25) is 0 Å². The van der Waals surface area contributed by atoms with Gasteiger partial charge in [-0.05, 0) is 57.8 Å². The zero-order chi connectivity index (χ0) is 39.7. The highest BCUT2D eigenvalue weighted by Crippen LogP contribution is 2.26. The molecule has 0 radical (unpaired) electrons. The number of aliphatic hydroxyl groups excluding tert-OH is 3. The van der Waals surface area contributed by atoms with E-state index in [1.54, 1.807) is 0 Å². The molecule has 0 spiro atoms. The highest BCUT2D eigenvalue weighted by molar-refractivity contribution is 7.80. The molecule has 6 unspecified atom stereocenters. The van der Waals surface area contributed by atoms with E-state index in [1.807, 2.05) is 6.92 Å². The molecule has 54 heavy (non-hydrogen) atoms. The van der Waals surface area contributed by atoms with Crippen molar-refractivity contribution in [1.29, 1.82) is 0 Å². The number of allylic oxidation sites excluding steroid dienone is 10. The lowest BCUT2D eigenvalue weighted by Crippen LogP contribution is -2.60. The molecule has 0 saturated carbocycles. The van der Waals surface area contributed by atoms with Crippen molar-refractivity contribution in [2.75, 3.05) is 26.4 Å². The fraction of sp³-hybridized carbons (Fsp3) is 0.732. The van der Waals surface area contributed by atoms with E-state index in [2.05, 4.69) is 71.9 Å². The molecule has 12 nitrogen and oxygen atoms in total. The fourth-order valence-corrected chi connectivity index (χ4v) is 6.18. The molecule has 0 aliphatic carbocycles. The van der Waals surface area contributed by atoms with Gasteiger partial charge in [-0.3, -0.25) is 9.35 Å². The predicted octanol–water partition coefficient (Wildman–Crippen LogP) is 7.40. The zero-order valence-corrected chi connectivity index (χ0v) is 33.6. The summed E-state index contributed by atoms with van der Waals surface area (Å²) in [4.78, 5) is 12.2. The number of carbonyl (C=O) groups excluding carboxylic acids is 1. The second kappa shape index (κ2) is 33.0. The van der Waals surface area contributed by atoms with Gasteiger partial charge in [0.15, 0.2) is 6.29 Å². The predicted molar refractivity (Wildman–Crippen MR) is 211 cm³/mol. The number of rotatable bonds is 33. The summed E-state index contributed by atoms with van der Waals surface area (Å²) in [6.45, 7) is 3.44. The average molecular weight is 787 g/mol. The van der Waals surface area contributed by atoms with Crippen molar-refractivity contribution >= 4 is 16.4 Å². The number of aliphatic hydroxyl groups is 3. The van der Waals surface area contributed by atoms with Crippen LogP contribution >= 0.6 is 0 Å². The number of hydrogen-bond donors (Lipinski definition) is 4. The van der Waals surface area contributed by atoms with Crippen molar-refractivity contribution in [2.24, 2.45) is 0 Å². The molecule has 4 N–H and O–H groups in total. The molecule has 1 heterocycles. The summed E-state index contributed by atoms with van der Waals surface area (Å²) >= 11 is 0. The van der Waals surface area contributed by atoms with E-state index in [9.17, 15) is 28.5 Å². The van der Waals surface area contributed by atoms with Gasteiger partial charge in [-0.2, -0.15) is 8.42 Å². The summed E-state index contributed by atoms with van der Waals surface area (Å²) in [5.41, 5.74) is 0. The Hall–Kier alpha value is -2.20. The van der Waals surface area contributed by atoms with Crippen molar-refractivity contribution in [3.8, 4) is 0 Å². The highest BCUT2D eigenvalue weighted by atomic mass is 32.3. The summed E-state index contributed by atoms with van der Waals surface area (Å²) in [7, 11) is -5.05. The molecule has 1 aliphatic rings. The Bertz CT molecular complexity index is 1180. The highest BCUT2D eigenvalue weighted by Gasteiger charge is 2.48. The first-order chi connectivity index (χ1) is 26.1. The maximum absolute atomic E-state index is 12.2. The first kappa shape index (κ1) is 49.8. The first-order valence-electron chi connectivity index (χ1n) is 20.0. The van der Waals surface area contributed by atoms with Crippen LogP contribution in [-0.2, 0) is 38.3 Å². The van der Waals surface area contributed by atoms with Gasteiger partial charge in [-0.25, -0.2) is 4.18 Å². The molecule has 1 fully saturated rings. The van der Waals surface area contributed by atoms with Crippen molar-refractivity contribution in [3.05, 3.63) is 60.8 Å². The summed E-state index contributed by atoms with van der Waals surface area (Å²) in [6, 6.07) is 0. The monoisotopic (exact) mass is 786 g/mol. The average Bonchev–Trinajstić information content (AvgIpc) is 3.13. The number of carbonyl (C=O) groups is 1. The lowest BCUT2D eigenvalue weighted by molar-refractivity contribution is -0.301. The molecule has 0 aromatic heterocycles. The third-order valence-corrected chi connectivity index (χ3v) is 9.09. The van der Waals surface area contributed by atoms with Crippen LogP contribution in [0.3, 0.4) is 0 Å². The van der Waals surface area contributed by atoms with Crippen LogP contribution in [0.25, 0.3) is 0 Å². The van der Waals surface area contributed by atoms with Gasteiger partial charge in [0, 0.05) is 13.0 Å². The molecule has 312 valence electrons. The molecular weight excluding hydrogens is 717 g/mol. The Balaban J connectivity index is 2.14. The van der Waals surface area contributed by atoms with E-state index in [4.69, 9.17) is 23.5 Å². The van der Waals surface area contributed by atoms with Crippen LogP contribution in [-0.4, -0.2) is 97.5 Å². The van der Waals surface area contributed by atoms with Crippen molar-refractivity contribution < 1.29 is 56.2 Å². The van der Waals surface area contributed by atoms with Crippen LogP contribution in [0.1, 0.15) is 129 Å². The lowest BCUT2D eigenvalue weighted by Gasteiger charge is -2.41. The maximum Gasteiger partial charge on any atom is 0.397 e. The van der Waals surface area contributed by atoms with Gasteiger partial charge >= 0.3 is 16.4 Å². The topological polar surface area (TPSA) is 178 Å². The summed E-state index contributed by atoms with van der Waals surface area (Å²) in [5.74, 6) is -0.457. The number of ether oxygens (including phenoxy) is 4. The number of hydrogen-bond acceptors (Lipinski definition) is 11. The Labute approximate surface area is 325 Å². The Morgan fingerprint density at radius 2 is 1.24 bits per heavy atom. The van der Waals surface area contributed by atoms with Gasteiger partial charge in [-0.15, -0.1) is 0 Å². The third kappa shape index (κ3) is 26.6. The van der Waals surface area contributed by atoms with Crippen LogP contribution < -0.4 is 0 Å². The van der Waals surface area contributed by atoms with Gasteiger partial charge in [0.2, 0.25) is 0 Å². The second-order valence-corrected chi connectivity index (χ2v) is 14.5. The van der Waals surface area contributed by atoms with Gasteiger partial charge in [0.05, 0.1) is 19.8 Å². The van der Waals surface area contributed by atoms with Crippen molar-refractivity contribution in [1.82, 2.24) is 0 Å². The third-order valence-electron chi connectivity index (χ3n) is 8.62. The van der Waals surface area contributed by atoms with E-state index in [-0.39, 0.29) is 19.6 Å². The summed E-state index contributed by atoms with van der Waals surface area (Å²) in [5, 5.41) is 30.2. The molecular formula is C41H70O12S. The van der Waals surface area contributed by atoms with E-state index >= 15 is 0 Å². The van der Waals surface area contributed by atoms with E-state index in [0.29, 0.717) is 13.0 Å². The van der Waals surface area contributed by atoms with Crippen molar-refractivity contribution in [3.63, 3.8) is 0 Å². The number of unbranched alkanes of at least 4 members (excludes halogenated alkanes) is 10. The minimum Gasteiger partial charge on any atom is -0.457 e. The van der Waals surface area contributed by atoms with Crippen LogP contribution in [0, 0.1) is 0 Å². The van der Waals surface area contributed by atoms with E-state index in [1.165, 1.54) is 44.9 Å². The molecule has 0 bridgehead atoms. The zero-order valence-electron chi connectivity index (χ0n) is 32.8. The van der Waals surface area contributed by atoms with Gasteiger partial charge in [0.1, 0.15) is 30.5 Å². The number of esters is 1. The molecule has 13 heteroatoms. The van der Waals surface area contributed by atoms with E-state index < -0.39 is 59.8 Å². The molecule has 0 aromatic carbocycles. The van der Waals surface area contributed by atoms with Gasteiger partial charge in [-0.1, -0.05) is 126 Å². The summed E-state index contributed by atoms with van der Waals surface area (Å²) < 4.78 is 58.0. The lowest BCUT2D eigenvalue weighted by atomic mass is 9.99. The Kier molecular flexibility index (Phi) is 30.4. The van der Waals surface area contributed by atoms with E-state index in [0.717, 1.165) is 57.8 Å². The van der Waals surface area contributed by atoms with Crippen molar-refractivity contribution in [2.45, 2.75) is 166 Å². The van der Waals surface area contributed by atoms with Crippen LogP contribution in [0.4, 0.5) is 0 Å². The molecule has 0 aromatic rings. The standard InChI is InChI=1S/C41H70O12S/c1-3-5-6-7-8-9-10-11-12-13-14-15-16-17-18-19-20-21-22-23-24-25-26-27-28-29-31-49-33-35(51-37(43)30-4-2)34-50-41-39(45)40(53-54(46,47)48)38(44)36(32-42)52-41/h5-6,8-9,11-12,14-15,17-18,35-36,38-42,44-45H,3-4,7,10,13,16,19-34H2,1-2H3,(H,46,47,48)/b6-5-,9-8-,12-11-,15-14-,18-17-. The van der Waals surface area contributed by atoms with Gasteiger partial charge < -0.3 is 34.3 Å². The largest absolute Gasteiger partial charge is 0.457 e. The molecule has 1 rings (SSSR count). The normalized spacial score (nSPS) is 21.8.